The smallest absolute Gasteiger partial charge is 0.251 e. The van der Waals surface area contributed by atoms with Gasteiger partial charge in [0.05, 0.1) is 6.10 Å². The second kappa shape index (κ2) is 16.4. The normalized spacial score (nSPS) is 22.4. The molecule has 5 N–H and O–H groups in total. The van der Waals surface area contributed by atoms with Gasteiger partial charge in [0.25, 0.3) is 5.91 Å². The van der Waals surface area contributed by atoms with Crippen LogP contribution in [0.25, 0.3) is 11.1 Å². The Labute approximate surface area is 294 Å². The van der Waals surface area contributed by atoms with Crippen LogP contribution >= 0.6 is 0 Å². The molecule has 1 heterocycles. The monoisotopic (exact) mass is 676 g/mol. The third-order valence-electron chi connectivity index (χ3n) is 10.6. The van der Waals surface area contributed by atoms with Gasteiger partial charge in [-0.3, -0.25) is 14.4 Å². The van der Waals surface area contributed by atoms with Crippen molar-refractivity contribution in [2.75, 3.05) is 18.5 Å². The number of aliphatic hydroxyl groups is 1. The lowest BCUT2D eigenvalue weighted by Crippen LogP contribution is -2.38. The molecule has 3 aromatic rings. The van der Waals surface area contributed by atoms with Crippen LogP contribution in [0, 0.1) is 24.7 Å². The molecule has 0 radical (unpaired) electrons. The topological polar surface area (TPSA) is 159 Å². The maximum atomic E-state index is 13.8. The van der Waals surface area contributed by atoms with Gasteiger partial charge in [0.2, 0.25) is 5.91 Å². The number of carbonyl (C=O) groups excluding carboxylic acids is 3. The number of amides is 2. The first-order valence-corrected chi connectivity index (χ1v) is 18.0. The van der Waals surface area contributed by atoms with E-state index in [0.29, 0.717) is 55.5 Å². The summed E-state index contributed by atoms with van der Waals surface area (Å²) in [6, 6.07) is 21.2. The number of anilines is 1. The van der Waals surface area contributed by atoms with Gasteiger partial charge in [-0.2, -0.15) is 5.11 Å². The number of nitrogens with one attached hydrogen (secondary N) is 2. The number of ketones is 1. The number of benzene rings is 3. The van der Waals surface area contributed by atoms with Crippen molar-refractivity contribution in [2.45, 2.75) is 83.3 Å². The van der Waals surface area contributed by atoms with Gasteiger partial charge < -0.3 is 21.5 Å². The fraction of sp³-hybridized carbons (Fsp3) is 0.450. The molecule has 262 valence electrons. The molecule has 0 aromatic heterocycles. The van der Waals surface area contributed by atoms with Crippen molar-refractivity contribution in [1.29, 1.82) is 0 Å². The molecule has 10 heteroatoms. The minimum Gasteiger partial charge on any atom is -0.393 e. The maximum Gasteiger partial charge on any atom is 0.251 e. The van der Waals surface area contributed by atoms with Crippen molar-refractivity contribution >= 4 is 29.1 Å². The number of aliphatic imine (C=N–C) groups is 1. The molecule has 2 amide bonds. The van der Waals surface area contributed by atoms with Gasteiger partial charge in [-0.05, 0) is 136 Å². The van der Waals surface area contributed by atoms with E-state index in [1.165, 1.54) is 0 Å². The Morgan fingerprint density at radius 3 is 2.24 bits per heavy atom. The number of aliphatic hydroxyl groups excluding tert-OH is 1. The summed E-state index contributed by atoms with van der Waals surface area (Å²) in [6.45, 7) is 3.01. The van der Waals surface area contributed by atoms with E-state index in [1.807, 2.05) is 73.7 Å². The second-order valence-electron chi connectivity index (χ2n) is 14.2. The van der Waals surface area contributed by atoms with Crippen molar-refractivity contribution in [1.82, 2.24) is 5.32 Å². The molecular formula is C40H48N6O4. The summed E-state index contributed by atoms with van der Waals surface area (Å²) < 4.78 is 0. The summed E-state index contributed by atoms with van der Waals surface area (Å²) in [4.78, 5) is 44.7. The third-order valence-corrected chi connectivity index (χ3v) is 10.6. The first kappa shape index (κ1) is 35.3. The number of hydrogen-bond acceptors (Lipinski definition) is 8. The molecule has 0 saturated heterocycles. The van der Waals surface area contributed by atoms with Crippen LogP contribution in [-0.4, -0.2) is 53.9 Å². The van der Waals surface area contributed by atoms with Gasteiger partial charge in [0.1, 0.15) is 5.78 Å². The summed E-state index contributed by atoms with van der Waals surface area (Å²) in [5, 5.41) is 23.9. The van der Waals surface area contributed by atoms with E-state index in [1.54, 1.807) is 0 Å². The Morgan fingerprint density at radius 1 is 0.880 bits per heavy atom. The highest BCUT2D eigenvalue weighted by Crippen LogP contribution is 2.32. The molecule has 2 saturated carbocycles. The number of amidine groups is 1. The molecule has 0 spiro atoms. The fourth-order valence-electron chi connectivity index (χ4n) is 7.38. The fourth-order valence-corrected chi connectivity index (χ4v) is 7.38. The lowest BCUT2D eigenvalue weighted by Gasteiger charge is -2.27. The number of rotatable bonds is 12. The predicted octanol–water partition coefficient (Wildman–Crippen LogP) is 6.39. The van der Waals surface area contributed by atoms with Crippen LogP contribution in [0.2, 0.25) is 0 Å². The lowest BCUT2D eigenvalue weighted by atomic mass is 9.77. The highest BCUT2D eigenvalue weighted by atomic mass is 16.3. The lowest BCUT2D eigenvalue weighted by molar-refractivity contribution is -0.129. The van der Waals surface area contributed by atoms with E-state index in [2.05, 4.69) is 25.9 Å². The molecule has 10 nitrogen and oxygen atoms in total. The van der Waals surface area contributed by atoms with E-state index >= 15 is 0 Å². The minimum absolute atomic E-state index is 0.0340. The van der Waals surface area contributed by atoms with Crippen LogP contribution in [0.15, 0.2) is 82.0 Å². The van der Waals surface area contributed by atoms with Crippen molar-refractivity contribution in [3.8, 4) is 11.1 Å². The quantitative estimate of drug-likeness (QED) is 0.175. The van der Waals surface area contributed by atoms with Gasteiger partial charge in [0.15, 0.2) is 12.5 Å². The van der Waals surface area contributed by atoms with Gasteiger partial charge >= 0.3 is 0 Å². The first-order valence-electron chi connectivity index (χ1n) is 18.0. The Kier molecular flexibility index (Phi) is 11.6. The molecule has 6 rings (SSSR count). The highest BCUT2D eigenvalue weighted by molar-refractivity contribution is 6.01. The van der Waals surface area contributed by atoms with E-state index < -0.39 is 5.92 Å². The molecule has 2 fully saturated rings. The molecule has 1 atom stereocenters. The number of nitrogens with zero attached hydrogens (tertiary/aromatic N) is 3. The largest absolute Gasteiger partial charge is 0.393 e. The number of Topliss-reactive ketones (excluding diaryl/α,β-unsaturated/α-hetero) is 1. The zero-order chi connectivity index (χ0) is 35.0. The number of carbonyl (C=O) groups is 3. The van der Waals surface area contributed by atoms with Crippen molar-refractivity contribution in [2.24, 2.45) is 38.7 Å². The third kappa shape index (κ3) is 8.97. The Bertz CT molecular complexity index is 1720. The first-order chi connectivity index (χ1) is 24.2. The van der Waals surface area contributed by atoms with Gasteiger partial charge in [-0.15, -0.1) is 5.11 Å². The SMILES string of the molecule is Cc1ccc(C(=O)NC2CCC(O)CC2)cc1-c1ccc(C[C@H](CC(=O)C2CCC(CN)CC2)C(=O)Nc2ccc(C3=NCN=N3)cc2)cc1. The molecule has 0 bridgehead atoms. The molecular weight excluding hydrogens is 628 g/mol. The number of hydrogen-bond donors (Lipinski definition) is 4. The van der Waals surface area contributed by atoms with Crippen molar-refractivity contribution in [3.63, 3.8) is 0 Å². The van der Waals surface area contributed by atoms with Crippen molar-refractivity contribution in [3.05, 3.63) is 89.0 Å². The standard InChI is InChI=1S/C40H48N6O4/c1-25-2-7-31(39(49)44-34-16-18-35(47)19-17-34)21-36(25)28-8-3-26(4-9-28)20-32(22-37(48)29-10-5-27(23-41)6-11-29)40(50)45-33-14-12-30(13-15-33)38-42-24-43-46-38/h2-4,7-9,12-15,21,27,29,32,34-35,47H,5-6,10-11,16-20,22-24,41H2,1H3,(H,44,49)(H,45,50)/t27?,29?,32-,34?,35?/m1/s1. The van der Waals surface area contributed by atoms with Gasteiger partial charge in [-0.25, -0.2) is 4.99 Å². The maximum absolute atomic E-state index is 13.8. The number of aryl methyl sites for hydroxylation is 1. The van der Waals surface area contributed by atoms with E-state index in [0.717, 1.165) is 66.3 Å². The van der Waals surface area contributed by atoms with Crippen LogP contribution in [-0.2, 0) is 16.0 Å². The summed E-state index contributed by atoms with van der Waals surface area (Å²) in [6.07, 6.45) is 6.86. The predicted molar refractivity (Wildman–Crippen MR) is 195 cm³/mol. The molecule has 3 aliphatic rings. The Morgan fingerprint density at radius 2 is 1.58 bits per heavy atom. The second-order valence-corrected chi connectivity index (χ2v) is 14.2. The number of azo groups is 1. The summed E-state index contributed by atoms with van der Waals surface area (Å²) in [7, 11) is 0. The summed E-state index contributed by atoms with van der Waals surface area (Å²) in [5.74, 6) is 0.327. The zero-order valence-electron chi connectivity index (χ0n) is 28.8. The van der Waals surface area contributed by atoms with Gasteiger partial charge in [-0.1, -0.05) is 30.3 Å². The highest BCUT2D eigenvalue weighted by Gasteiger charge is 2.30. The average molecular weight is 677 g/mol. The van der Waals surface area contributed by atoms with Crippen LogP contribution in [0.3, 0.4) is 0 Å². The van der Waals surface area contributed by atoms with Gasteiger partial charge in [0, 0.05) is 41.1 Å². The van der Waals surface area contributed by atoms with E-state index in [4.69, 9.17) is 5.73 Å². The van der Waals surface area contributed by atoms with Crippen molar-refractivity contribution < 1.29 is 19.5 Å². The van der Waals surface area contributed by atoms with E-state index in [9.17, 15) is 19.5 Å². The van der Waals surface area contributed by atoms with Crippen LogP contribution in [0.4, 0.5) is 5.69 Å². The van der Waals surface area contributed by atoms with Crippen LogP contribution in [0.5, 0.6) is 0 Å². The summed E-state index contributed by atoms with van der Waals surface area (Å²) >= 11 is 0. The number of nitrogens with two attached hydrogens (primary N) is 1. The average Bonchev–Trinajstić information content (AvgIpc) is 3.68. The van der Waals surface area contributed by atoms with E-state index in [-0.39, 0.29) is 42.1 Å². The Hall–Kier alpha value is -4.54. The molecule has 0 unspecified atom stereocenters. The van der Waals surface area contributed by atoms with Crippen LogP contribution < -0.4 is 16.4 Å². The molecule has 50 heavy (non-hydrogen) atoms. The molecule has 3 aromatic carbocycles. The molecule has 2 aliphatic carbocycles. The zero-order valence-corrected chi connectivity index (χ0v) is 28.8. The summed E-state index contributed by atoms with van der Waals surface area (Å²) in [5.41, 5.74) is 11.9. The minimum atomic E-state index is -0.539. The molecule has 1 aliphatic heterocycles. The van der Waals surface area contributed by atoms with Crippen LogP contribution in [0.1, 0.15) is 84.8 Å². The Balaban J connectivity index is 1.15.